The number of carbonyl (C=O) groups excluding carboxylic acids is 2. The van der Waals surface area contributed by atoms with E-state index in [0.717, 1.165) is 37.0 Å². The van der Waals surface area contributed by atoms with Crippen molar-refractivity contribution in [3.05, 3.63) is 65.7 Å². The van der Waals surface area contributed by atoms with E-state index in [-0.39, 0.29) is 11.8 Å². The number of hydrogen-bond donors (Lipinski definition) is 2. The fourth-order valence-electron chi connectivity index (χ4n) is 2.53. The average Bonchev–Trinajstić information content (AvgIpc) is 2.65. The molecule has 0 radical (unpaired) electrons. The molecule has 26 heavy (non-hydrogen) atoms. The summed E-state index contributed by atoms with van der Waals surface area (Å²) in [6.45, 7) is 3.60. The van der Waals surface area contributed by atoms with Crippen LogP contribution in [0.25, 0.3) is 0 Å². The summed E-state index contributed by atoms with van der Waals surface area (Å²) < 4.78 is 0. The van der Waals surface area contributed by atoms with E-state index in [2.05, 4.69) is 22.8 Å². The van der Waals surface area contributed by atoms with Crippen LogP contribution < -0.4 is 10.7 Å². The fourth-order valence-corrected chi connectivity index (χ4v) is 2.53. The summed E-state index contributed by atoms with van der Waals surface area (Å²) in [5, 5.41) is 7.03. The van der Waals surface area contributed by atoms with Crippen molar-refractivity contribution >= 4 is 23.2 Å². The van der Waals surface area contributed by atoms with Crippen LogP contribution in [0.1, 0.15) is 55.5 Å². The van der Waals surface area contributed by atoms with E-state index >= 15 is 0 Å². The largest absolute Gasteiger partial charge is 0.326 e. The first-order valence-electron chi connectivity index (χ1n) is 8.90. The summed E-state index contributed by atoms with van der Waals surface area (Å²) in [4.78, 5) is 23.4. The highest BCUT2D eigenvalue weighted by Gasteiger charge is 2.07. The van der Waals surface area contributed by atoms with Gasteiger partial charge in [0.05, 0.1) is 5.71 Å². The van der Waals surface area contributed by atoms with Gasteiger partial charge in [0.2, 0.25) is 5.91 Å². The molecule has 0 saturated carbocycles. The summed E-state index contributed by atoms with van der Waals surface area (Å²) in [5.74, 6) is -0.422. The molecular formula is C21H25N3O2. The van der Waals surface area contributed by atoms with Crippen LogP contribution in [-0.2, 0) is 4.79 Å². The van der Waals surface area contributed by atoms with Crippen molar-refractivity contribution in [3.8, 4) is 0 Å². The Morgan fingerprint density at radius 3 is 2.23 bits per heavy atom. The van der Waals surface area contributed by atoms with Gasteiger partial charge in [0.15, 0.2) is 0 Å². The highest BCUT2D eigenvalue weighted by molar-refractivity contribution is 6.02. The molecular weight excluding hydrogens is 326 g/mol. The highest BCUT2D eigenvalue weighted by Crippen LogP contribution is 2.11. The maximum Gasteiger partial charge on any atom is 0.271 e. The Morgan fingerprint density at radius 2 is 1.62 bits per heavy atom. The summed E-state index contributed by atoms with van der Waals surface area (Å²) in [6.07, 6.45) is 4.12. The molecule has 0 heterocycles. The highest BCUT2D eigenvalue weighted by atomic mass is 16.2. The van der Waals surface area contributed by atoms with Gasteiger partial charge in [-0.15, -0.1) is 0 Å². The molecule has 0 aliphatic heterocycles. The molecule has 2 amide bonds. The molecule has 2 aromatic rings. The summed E-state index contributed by atoms with van der Waals surface area (Å²) >= 11 is 0. The summed E-state index contributed by atoms with van der Waals surface area (Å²) in [5.41, 5.74) is 5.69. The normalized spacial score (nSPS) is 11.1. The van der Waals surface area contributed by atoms with Crippen LogP contribution in [0.3, 0.4) is 0 Å². The molecule has 0 unspecified atom stereocenters. The van der Waals surface area contributed by atoms with Gasteiger partial charge < -0.3 is 5.32 Å². The molecule has 0 atom stereocenters. The van der Waals surface area contributed by atoms with Crippen molar-refractivity contribution in [2.24, 2.45) is 5.10 Å². The molecule has 2 rings (SSSR count). The number of hydrazone groups is 1. The Balaban J connectivity index is 2.07. The van der Waals surface area contributed by atoms with Crippen molar-refractivity contribution in [2.75, 3.05) is 5.32 Å². The van der Waals surface area contributed by atoms with Crippen LogP contribution in [0.15, 0.2) is 59.7 Å². The van der Waals surface area contributed by atoms with Gasteiger partial charge in [-0.25, -0.2) is 5.43 Å². The van der Waals surface area contributed by atoms with Crippen LogP contribution in [0.5, 0.6) is 0 Å². The number of nitrogens with zero attached hydrogens (tertiary/aromatic N) is 1. The molecule has 0 aromatic heterocycles. The Kier molecular flexibility index (Phi) is 7.55. The van der Waals surface area contributed by atoms with Gasteiger partial charge in [-0.1, -0.05) is 50.1 Å². The molecule has 0 bridgehead atoms. The average molecular weight is 351 g/mol. The van der Waals surface area contributed by atoms with Gasteiger partial charge in [-0.05, 0) is 42.7 Å². The zero-order chi connectivity index (χ0) is 18.8. The molecule has 0 saturated heterocycles. The second-order valence-corrected chi connectivity index (χ2v) is 6.08. The predicted octanol–water partition coefficient (Wildman–Crippen LogP) is 4.36. The SMILES string of the molecule is CCCCCC(=NNC(=O)c1ccc(NC(C)=O)cc1)c1ccccc1. The van der Waals surface area contributed by atoms with Crippen LogP contribution >= 0.6 is 0 Å². The second-order valence-electron chi connectivity index (χ2n) is 6.08. The zero-order valence-corrected chi connectivity index (χ0v) is 15.3. The number of amides is 2. The molecule has 2 aromatic carbocycles. The number of nitrogens with one attached hydrogen (secondary N) is 2. The lowest BCUT2D eigenvalue weighted by atomic mass is 10.0. The number of unbranched alkanes of at least 4 members (excludes halogenated alkanes) is 2. The van der Waals surface area contributed by atoms with Crippen LogP contribution in [0.2, 0.25) is 0 Å². The second kappa shape index (κ2) is 10.1. The maximum atomic E-state index is 12.3. The van der Waals surface area contributed by atoms with Crippen molar-refractivity contribution in [2.45, 2.75) is 39.5 Å². The van der Waals surface area contributed by atoms with Crippen LogP contribution in [0, 0.1) is 0 Å². The van der Waals surface area contributed by atoms with Gasteiger partial charge in [0.1, 0.15) is 0 Å². The number of benzene rings is 2. The quantitative estimate of drug-likeness (QED) is 0.421. The first kappa shape index (κ1) is 19.4. The third-order valence-corrected chi connectivity index (χ3v) is 3.88. The van der Waals surface area contributed by atoms with Gasteiger partial charge in [-0.2, -0.15) is 5.10 Å². The first-order valence-corrected chi connectivity index (χ1v) is 8.90. The minimum absolute atomic E-state index is 0.147. The molecule has 0 aliphatic carbocycles. The van der Waals surface area contributed by atoms with Crippen molar-refractivity contribution in [1.29, 1.82) is 0 Å². The minimum atomic E-state index is -0.275. The van der Waals surface area contributed by atoms with Crippen LogP contribution in [0.4, 0.5) is 5.69 Å². The van der Waals surface area contributed by atoms with Crippen molar-refractivity contribution < 1.29 is 9.59 Å². The van der Waals surface area contributed by atoms with E-state index in [9.17, 15) is 9.59 Å². The van der Waals surface area contributed by atoms with Gasteiger partial charge in [0.25, 0.3) is 5.91 Å². The lowest BCUT2D eigenvalue weighted by Gasteiger charge is -2.08. The zero-order valence-electron chi connectivity index (χ0n) is 15.3. The molecule has 2 N–H and O–H groups in total. The number of anilines is 1. The maximum absolute atomic E-state index is 12.3. The molecule has 0 fully saturated rings. The van der Waals surface area contributed by atoms with E-state index in [1.54, 1.807) is 24.3 Å². The van der Waals surface area contributed by atoms with E-state index in [0.29, 0.717) is 11.3 Å². The topological polar surface area (TPSA) is 70.6 Å². The Hall–Kier alpha value is -2.95. The Morgan fingerprint density at radius 1 is 0.923 bits per heavy atom. The van der Waals surface area contributed by atoms with Gasteiger partial charge >= 0.3 is 0 Å². The Labute approximate surface area is 154 Å². The minimum Gasteiger partial charge on any atom is -0.326 e. The van der Waals surface area contributed by atoms with Gasteiger partial charge in [-0.3, -0.25) is 9.59 Å². The van der Waals surface area contributed by atoms with Gasteiger partial charge in [0, 0.05) is 18.2 Å². The molecule has 136 valence electrons. The lowest BCUT2D eigenvalue weighted by Crippen LogP contribution is -2.20. The smallest absolute Gasteiger partial charge is 0.271 e. The van der Waals surface area contributed by atoms with Crippen molar-refractivity contribution in [3.63, 3.8) is 0 Å². The number of hydrogen-bond acceptors (Lipinski definition) is 3. The Bertz CT molecular complexity index is 753. The first-order chi connectivity index (χ1) is 12.6. The van der Waals surface area contributed by atoms with E-state index in [1.807, 2.05) is 30.3 Å². The van der Waals surface area contributed by atoms with Crippen molar-refractivity contribution in [1.82, 2.24) is 5.43 Å². The summed E-state index contributed by atoms with van der Waals surface area (Å²) in [7, 11) is 0. The molecule has 0 spiro atoms. The predicted molar refractivity (Wildman–Crippen MR) is 105 cm³/mol. The standard InChI is InChI=1S/C21H25N3O2/c1-3-4-6-11-20(17-9-7-5-8-10-17)23-24-21(26)18-12-14-19(15-13-18)22-16(2)25/h5,7-10,12-15H,3-4,6,11H2,1-2H3,(H,22,25)(H,24,26). The fraction of sp³-hybridized carbons (Fsp3) is 0.286. The molecule has 0 aliphatic rings. The summed E-state index contributed by atoms with van der Waals surface area (Å²) in [6, 6.07) is 16.6. The molecule has 5 nitrogen and oxygen atoms in total. The lowest BCUT2D eigenvalue weighted by molar-refractivity contribution is -0.114. The monoisotopic (exact) mass is 351 g/mol. The van der Waals surface area contributed by atoms with E-state index in [4.69, 9.17) is 0 Å². The number of rotatable bonds is 8. The third-order valence-electron chi connectivity index (χ3n) is 3.88. The number of carbonyl (C=O) groups is 2. The third kappa shape index (κ3) is 6.16. The van der Waals surface area contributed by atoms with E-state index in [1.165, 1.54) is 6.92 Å². The molecule has 5 heteroatoms. The van der Waals surface area contributed by atoms with Crippen LogP contribution in [-0.4, -0.2) is 17.5 Å². The van der Waals surface area contributed by atoms with E-state index < -0.39 is 0 Å².